The molecular formula is C30H51ClIN. The lowest BCUT2D eigenvalue weighted by atomic mass is 10.1. The first kappa shape index (κ1) is 32.8. The van der Waals surface area contributed by atoms with E-state index in [2.05, 4.69) is 72.7 Å². The van der Waals surface area contributed by atoms with E-state index in [9.17, 15) is 0 Å². The first-order chi connectivity index (χ1) is 15.7. The predicted octanol–water partition coefficient (Wildman–Crippen LogP) is 6.68. The molecule has 0 aromatic heterocycles. The van der Waals surface area contributed by atoms with E-state index >= 15 is 0 Å². The number of unbranched alkanes of at least 4 members (excludes halogenated alkanes) is 14. The Morgan fingerprint density at radius 1 is 0.697 bits per heavy atom. The molecule has 1 aromatic rings. The van der Waals surface area contributed by atoms with E-state index in [1.165, 1.54) is 121 Å². The normalized spacial score (nSPS) is 12.2. The van der Waals surface area contributed by atoms with Crippen LogP contribution >= 0.6 is 22.6 Å². The van der Waals surface area contributed by atoms with Crippen molar-refractivity contribution in [3.05, 3.63) is 35.9 Å². The molecule has 0 radical (unpaired) electrons. The minimum atomic E-state index is 0. The second kappa shape index (κ2) is 22.2. The van der Waals surface area contributed by atoms with Crippen LogP contribution < -0.4 is 12.4 Å². The van der Waals surface area contributed by atoms with Crippen LogP contribution in [0.15, 0.2) is 30.3 Å². The molecule has 3 heteroatoms. The third-order valence-corrected chi connectivity index (χ3v) is 8.41. The Bertz CT molecular complexity index is 563. The number of terminal acetylenes is 1. The second-order valence-electron chi connectivity index (χ2n) is 9.76. The summed E-state index contributed by atoms with van der Waals surface area (Å²) in [7, 11) is 0. The van der Waals surface area contributed by atoms with E-state index in [0.717, 1.165) is 11.0 Å². The molecule has 0 N–H and O–H groups in total. The maximum absolute atomic E-state index is 6.04. The van der Waals surface area contributed by atoms with Gasteiger partial charge in [0.1, 0.15) is 6.54 Å². The van der Waals surface area contributed by atoms with Gasteiger partial charge in [0.25, 0.3) is 0 Å². The molecule has 0 saturated heterocycles. The maximum Gasteiger partial charge on any atom is 0.200 e. The topological polar surface area (TPSA) is 0 Å². The molecule has 0 aliphatic rings. The predicted molar refractivity (Wildman–Crippen MR) is 152 cm³/mol. The van der Waals surface area contributed by atoms with Gasteiger partial charge in [-0.05, 0) is 31.6 Å². The van der Waals surface area contributed by atoms with Crippen LogP contribution in [-0.4, -0.2) is 21.6 Å². The van der Waals surface area contributed by atoms with Gasteiger partial charge in [-0.25, -0.2) is 0 Å². The lowest BCUT2D eigenvalue weighted by Crippen LogP contribution is -3.00. The molecule has 1 nitrogen and oxygen atoms in total. The van der Waals surface area contributed by atoms with Crippen LogP contribution in [0.5, 0.6) is 0 Å². The Kier molecular flexibility index (Phi) is 22.1. The molecule has 0 aliphatic heterocycles. The van der Waals surface area contributed by atoms with Gasteiger partial charge in [-0.2, -0.15) is 0 Å². The summed E-state index contributed by atoms with van der Waals surface area (Å²) >= 11 is 2.55. The fourth-order valence-corrected chi connectivity index (χ4v) is 5.56. The summed E-state index contributed by atoms with van der Waals surface area (Å²) in [6.07, 6.45) is 28.0. The van der Waals surface area contributed by atoms with Crippen molar-refractivity contribution < 1.29 is 16.9 Å². The van der Waals surface area contributed by atoms with Crippen molar-refractivity contribution in [2.75, 3.05) is 13.1 Å². The monoisotopic (exact) mass is 587 g/mol. The number of hydrogen-bond donors (Lipinski definition) is 0. The van der Waals surface area contributed by atoms with Crippen molar-refractivity contribution in [1.29, 1.82) is 0 Å². The van der Waals surface area contributed by atoms with Crippen molar-refractivity contribution in [3.8, 4) is 12.3 Å². The number of nitrogens with zero attached hydrogens (tertiary/aromatic N) is 1. The Labute approximate surface area is 227 Å². The Hall–Kier alpha value is -0.240. The van der Waals surface area contributed by atoms with E-state index in [1.807, 2.05) is 0 Å². The standard InChI is InChI=1S/C30H51IN.ClH/c1-4-7-9-11-13-15-17-22-26-32(30(31)6-3,28-29-24-20-19-21-25-29)27-23-18-16-14-12-10-8-5-2;/h3,19-21,24-25,30H,4-5,7-18,22-23,26-28H2,1-2H3;1H/q+1;/p-1. The molecule has 0 fully saturated rings. The highest BCUT2D eigenvalue weighted by molar-refractivity contribution is 14.1. The molecule has 190 valence electrons. The summed E-state index contributed by atoms with van der Waals surface area (Å²) in [5.41, 5.74) is 1.43. The molecule has 0 spiro atoms. The molecule has 1 rings (SSSR count). The van der Waals surface area contributed by atoms with Crippen LogP contribution in [0.3, 0.4) is 0 Å². The van der Waals surface area contributed by atoms with Gasteiger partial charge in [0.15, 0.2) is 0 Å². The van der Waals surface area contributed by atoms with Gasteiger partial charge in [0, 0.05) is 28.2 Å². The first-order valence-corrected chi connectivity index (χ1v) is 14.9. The van der Waals surface area contributed by atoms with Crippen LogP contribution in [0, 0.1) is 12.3 Å². The molecule has 1 aromatic carbocycles. The molecule has 33 heavy (non-hydrogen) atoms. The average Bonchev–Trinajstić information content (AvgIpc) is 2.82. The van der Waals surface area contributed by atoms with Crippen molar-refractivity contribution in [1.82, 2.24) is 0 Å². The highest BCUT2D eigenvalue weighted by Crippen LogP contribution is 2.27. The van der Waals surface area contributed by atoms with E-state index in [1.54, 1.807) is 0 Å². The van der Waals surface area contributed by atoms with Crippen molar-refractivity contribution in [2.45, 2.75) is 127 Å². The van der Waals surface area contributed by atoms with Crippen molar-refractivity contribution in [2.24, 2.45) is 0 Å². The number of halogens is 2. The van der Waals surface area contributed by atoms with E-state index < -0.39 is 0 Å². The Morgan fingerprint density at radius 3 is 1.48 bits per heavy atom. The zero-order valence-electron chi connectivity index (χ0n) is 21.7. The van der Waals surface area contributed by atoms with Crippen LogP contribution in [0.2, 0.25) is 0 Å². The van der Waals surface area contributed by atoms with Gasteiger partial charge in [0.2, 0.25) is 4.05 Å². The first-order valence-electron chi connectivity index (χ1n) is 13.7. The summed E-state index contributed by atoms with van der Waals surface area (Å²) in [6.45, 7) is 8.10. The summed E-state index contributed by atoms with van der Waals surface area (Å²) in [5.74, 6) is 3.14. The number of rotatable bonds is 21. The molecule has 0 amide bonds. The summed E-state index contributed by atoms with van der Waals surface area (Å²) < 4.78 is 1.31. The molecule has 0 aliphatic carbocycles. The van der Waals surface area contributed by atoms with Crippen molar-refractivity contribution >= 4 is 22.6 Å². The number of quaternary nitrogens is 1. The van der Waals surface area contributed by atoms with Gasteiger partial charge in [-0.3, -0.25) is 4.48 Å². The fraction of sp³-hybridized carbons (Fsp3) is 0.733. The van der Waals surface area contributed by atoms with E-state index in [4.69, 9.17) is 6.42 Å². The van der Waals surface area contributed by atoms with Crippen LogP contribution in [0.1, 0.15) is 122 Å². The minimum Gasteiger partial charge on any atom is -1.00 e. The summed E-state index contributed by atoms with van der Waals surface area (Å²) in [5, 5.41) is 0. The largest absolute Gasteiger partial charge is 1.00 e. The average molecular weight is 588 g/mol. The summed E-state index contributed by atoms with van der Waals surface area (Å²) in [6, 6.07) is 11.0. The zero-order valence-corrected chi connectivity index (χ0v) is 24.6. The van der Waals surface area contributed by atoms with Gasteiger partial charge in [-0.1, -0.05) is 121 Å². The third-order valence-electron chi connectivity index (χ3n) is 6.87. The van der Waals surface area contributed by atoms with Gasteiger partial charge in [-0.15, -0.1) is 6.42 Å². The molecule has 0 bridgehead atoms. The van der Waals surface area contributed by atoms with Crippen LogP contribution in [-0.2, 0) is 6.54 Å². The SMILES string of the molecule is C#CC(I)[N+](CCCCCCCCCC)(CCCCCCCCCC)Cc1ccccc1.[Cl-]. The summed E-state index contributed by atoms with van der Waals surface area (Å²) in [4.78, 5) is 0. The smallest absolute Gasteiger partial charge is 0.200 e. The number of benzene rings is 1. The number of alkyl halides is 1. The second-order valence-corrected chi connectivity index (χ2v) is 10.9. The van der Waals surface area contributed by atoms with Gasteiger partial charge >= 0.3 is 0 Å². The van der Waals surface area contributed by atoms with Gasteiger partial charge in [0.05, 0.1) is 13.1 Å². The minimum absolute atomic E-state index is 0. The van der Waals surface area contributed by atoms with Crippen molar-refractivity contribution in [3.63, 3.8) is 0 Å². The quantitative estimate of drug-likeness (QED) is 0.0376. The lowest BCUT2D eigenvalue weighted by molar-refractivity contribution is -0.940. The van der Waals surface area contributed by atoms with E-state index in [0.29, 0.717) is 0 Å². The molecular weight excluding hydrogens is 537 g/mol. The van der Waals surface area contributed by atoms with E-state index in [-0.39, 0.29) is 16.5 Å². The molecule has 0 heterocycles. The highest BCUT2D eigenvalue weighted by atomic mass is 127. The highest BCUT2D eigenvalue weighted by Gasteiger charge is 2.33. The fourth-order valence-electron chi connectivity index (χ4n) is 4.80. The lowest BCUT2D eigenvalue weighted by Gasteiger charge is -2.41. The number of hydrogen-bond acceptors (Lipinski definition) is 0. The molecule has 1 atom stereocenters. The van der Waals surface area contributed by atoms with Crippen LogP contribution in [0.25, 0.3) is 0 Å². The maximum atomic E-state index is 6.04. The van der Waals surface area contributed by atoms with Crippen LogP contribution in [0.4, 0.5) is 0 Å². The Balaban J connectivity index is 0.0000102. The third kappa shape index (κ3) is 15.4. The van der Waals surface area contributed by atoms with Gasteiger partial charge < -0.3 is 12.4 Å². The Morgan fingerprint density at radius 2 is 1.09 bits per heavy atom. The molecule has 0 saturated carbocycles. The molecule has 1 unspecified atom stereocenters. The zero-order chi connectivity index (χ0) is 23.3.